The van der Waals surface area contributed by atoms with Gasteiger partial charge < -0.3 is 10.3 Å². The molecule has 4 aromatic rings. The fourth-order valence-electron chi connectivity index (χ4n) is 5.40. The number of aromatic nitrogens is 1. The molecule has 0 fully saturated rings. The third-order valence-corrected chi connectivity index (χ3v) is 7.36. The first-order valence-electron chi connectivity index (χ1n) is 12.9. The van der Waals surface area contributed by atoms with Crippen molar-refractivity contribution in [3.05, 3.63) is 112 Å². The molecule has 4 N–H and O–H groups in total. The zero-order valence-corrected chi connectivity index (χ0v) is 21.4. The minimum absolute atomic E-state index is 0.0845. The Hall–Kier alpha value is -4.20. The number of hydroxylamine groups is 1. The van der Waals surface area contributed by atoms with E-state index in [0.717, 1.165) is 43.4 Å². The molecule has 0 saturated heterocycles. The predicted octanol–water partition coefficient (Wildman–Crippen LogP) is 4.78. The average molecular weight is 509 g/mol. The molecule has 0 bridgehead atoms. The first-order chi connectivity index (χ1) is 18.6. The molecule has 1 unspecified atom stereocenters. The summed E-state index contributed by atoms with van der Waals surface area (Å²) in [6.07, 6.45) is 8.05. The number of fused-ring (bicyclic) bond motifs is 2. The van der Waals surface area contributed by atoms with Crippen LogP contribution in [0.2, 0.25) is 0 Å². The van der Waals surface area contributed by atoms with Gasteiger partial charge in [0.15, 0.2) is 0 Å². The molecule has 0 saturated carbocycles. The van der Waals surface area contributed by atoms with Gasteiger partial charge in [-0.15, -0.1) is 0 Å². The number of carbonyl (C=O) groups is 2. The number of aromatic amines is 1. The lowest BCUT2D eigenvalue weighted by atomic mass is 10.0. The van der Waals surface area contributed by atoms with Gasteiger partial charge in [0.2, 0.25) is 0 Å². The Morgan fingerprint density at radius 2 is 1.92 bits per heavy atom. The number of rotatable bonds is 9. The molecule has 1 atom stereocenters. The first-order valence-corrected chi connectivity index (χ1v) is 12.9. The van der Waals surface area contributed by atoms with Gasteiger partial charge in [-0.05, 0) is 71.4 Å². The number of para-hydroxylation sites is 1. The molecule has 0 radical (unpaired) electrons. The number of carbonyl (C=O) groups excluding carboxylic acids is 2. The van der Waals surface area contributed by atoms with E-state index in [1.807, 2.05) is 36.4 Å². The highest BCUT2D eigenvalue weighted by Crippen LogP contribution is 2.37. The number of hydrogen-bond donors (Lipinski definition) is 4. The smallest absolute Gasteiger partial charge is 0.267 e. The summed E-state index contributed by atoms with van der Waals surface area (Å²) in [5.74, 6) is -0.631. The third-order valence-electron chi connectivity index (χ3n) is 7.36. The molecule has 0 aliphatic heterocycles. The summed E-state index contributed by atoms with van der Waals surface area (Å²) in [7, 11) is 1.64. The zero-order valence-electron chi connectivity index (χ0n) is 21.4. The van der Waals surface area contributed by atoms with Crippen LogP contribution in [0.4, 0.5) is 0 Å². The van der Waals surface area contributed by atoms with Crippen LogP contribution >= 0.6 is 0 Å². The molecule has 0 spiro atoms. The third kappa shape index (κ3) is 5.54. The second-order valence-corrected chi connectivity index (χ2v) is 9.68. The number of nitrogens with zero attached hydrogens (tertiary/aromatic N) is 1. The summed E-state index contributed by atoms with van der Waals surface area (Å²) in [6, 6.07) is 22.8. The Kier molecular flexibility index (Phi) is 7.67. The first kappa shape index (κ1) is 25.4. The molecule has 1 heterocycles. The molecule has 3 aromatic carbocycles. The average Bonchev–Trinajstić information content (AvgIpc) is 3.57. The van der Waals surface area contributed by atoms with E-state index in [4.69, 9.17) is 5.21 Å². The molecular formula is C31H32N4O3. The van der Waals surface area contributed by atoms with Crippen molar-refractivity contribution < 1.29 is 14.8 Å². The van der Waals surface area contributed by atoms with E-state index in [1.54, 1.807) is 18.6 Å². The van der Waals surface area contributed by atoms with Gasteiger partial charge in [-0.1, -0.05) is 48.5 Å². The van der Waals surface area contributed by atoms with Crippen LogP contribution in [0.1, 0.15) is 50.6 Å². The fourth-order valence-corrected chi connectivity index (χ4v) is 5.40. The molecule has 1 aromatic heterocycles. The topological polar surface area (TPSA) is 97.5 Å². The summed E-state index contributed by atoms with van der Waals surface area (Å²) in [5.41, 5.74) is 9.44. The minimum atomic E-state index is -0.547. The van der Waals surface area contributed by atoms with Crippen LogP contribution in [0.3, 0.4) is 0 Å². The van der Waals surface area contributed by atoms with Crippen molar-refractivity contribution in [2.45, 2.75) is 31.8 Å². The Balaban J connectivity index is 1.39. The number of hydrogen-bond acceptors (Lipinski definition) is 4. The van der Waals surface area contributed by atoms with Gasteiger partial charge >= 0.3 is 0 Å². The van der Waals surface area contributed by atoms with E-state index < -0.39 is 5.91 Å². The quantitative estimate of drug-likeness (QED) is 0.149. The molecule has 38 heavy (non-hydrogen) atoms. The van der Waals surface area contributed by atoms with E-state index in [9.17, 15) is 9.59 Å². The zero-order chi connectivity index (χ0) is 26.5. The van der Waals surface area contributed by atoms with Crippen LogP contribution in [0.5, 0.6) is 0 Å². The summed E-state index contributed by atoms with van der Waals surface area (Å²) >= 11 is 0. The van der Waals surface area contributed by atoms with Gasteiger partial charge in [-0.2, -0.15) is 0 Å². The van der Waals surface area contributed by atoms with E-state index in [0.29, 0.717) is 5.56 Å². The monoisotopic (exact) mass is 508 g/mol. The Labute approximate surface area is 222 Å². The van der Waals surface area contributed by atoms with Crippen molar-refractivity contribution in [2.75, 3.05) is 13.6 Å². The minimum Gasteiger partial charge on any atom is -0.361 e. The van der Waals surface area contributed by atoms with Gasteiger partial charge in [0.1, 0.15) is 0 Å². The van der Waals surface area contributed by atoms with Gasteiger partial charge in [-0.3, -0.25) is 19.7 Å². The molecule has 194 valence electrons. The van der Waals surface area contributed by atoms with Crippen LogP contribution in [0.25, 0.3) is 17.0 Å². The lowest BCUT2D eigenvalue weighted by molar-refractivity contribution is -0.124. The van der Waals surface area contributed by atoms with Crippen LogP contribution in [-0.4, -0.2) is 40.5 Å². The Morgan fingerprint density at radius 3 is 2.71 bits per heavy atom. The SMILES string of the molecule is CNC(=O)c1ccc(CN(CCc2c[nH]c3ccccc23)C2CCc3cc(/C=C/C(=O)NO)ccc32)cc1. The maximum Gasteiger partial charge on any atom is 0.267 e. The maximum absolute atomic E-state index is 12.0. The summed E-state index contributed by atoms with van der Waals surface area (Å²) in [5, 5.41) is 12.7. The fraction of sp³-hybridized carbons (Fsp3) is 0.226. The van der Waals surface area contributed by atoms with Crippen molar-refractivity contribution in [3.63, 3.8) is 0 Å². The van der Waals surface area contributed by atoms with Crippen LogP contribution in [0, 0.1) is 0 Å². The molecule has 2 amide bonds. The highest BCUT2D eigenvalue weighted by molar-refractivity contribution is 5.94. The van der Waals surface area contributed by atoms with Gasteiger partial charge in [0.05, 0.1) is 0 Å². The molecule has 5 rings (SSSR count). The van der Waals surface area contributed by atoms with E-state index in [1.165, 1.54) is 33.7 Å². The highest BCUT2D eigenvalue weighted by atomic mass is 16.5. The lowest BCUT2D eigenvalue weighted by Crippen LogP contribution is -2.29. The lowest BCUT2D eigenvalue weighted by Gasteiger charge is -2.30. The van der Waals surface area contributed by atoms with Crippen molar-refractivity contribution in [1.82, 2.24) is 20.7 Å². The summed E-state index contributed by atoms with van der Waals surface area (Å²) in [4.78, 5) is 29.3. The Morgan fingerprint density at radius 1 is 1.11 bits per heavy atom. The molecule has 1 aliphatic carbocycles. The highest BCUT2D eigenvalue weighted by Gasteiger charge is 2.28. The molecule has 7 nitrogen and oxygen atoms in total. The van der Waals surface area contributed by atoms with Gasteiger partial charge in [0, 0.05) is 54.9 Å². The number of benzene rings is 3. The van der Waals surface area contributed by atoms with E-state index >= 15 is 0 Å². The number of nitrogens with one attached hydrogen (secondary N) is 3. The second-order valence-electron chi connectivity index (χ2n) is 9.68. The summed E-state index contributed by atoms with van der Waals surface area (Å²) < 4.78 is 0. The van der Waals surface area contributed by atoms with Crippen LogP contribution < -0.4 is 10.8 Å². The maximum atomic E-state index is 12.0. The largest absolute Gasteiger partial charge is 0.361 e. The van der Waals surface area contributed by atoms with Crippen molar-refractivity contribution in [2.24, 2.45) is 0 Å². The van der Waals surface area contributed by atoms with Crippen molar-refractivity contribution >= 4 is 28.8 Å². The number of aryl methyl sites for hydroxylation is 1. The van der Waals surface area contributed by atoms with Crippen molar-refractivity contribution in [1.29, 1.82) is 0 Å². The number of amides is 2. The standard InChI is InChI=1S/C31H32N4O3/c1-32-31(37)23-10-6-22(7-11-23)20-35(17-16-25-19-33-28-5-3-2-4-26(25)28)29-14-12-24-18-21(8-13-27(24)29)9-15-30(36)34-38/h2-11,13,15,18-19,29,33,38H,12,14,16-17,20H2,1H3,(H,32,37)(H,34,36)/b15-9+. The molecule has 1 aliphatic rings. The second kappa shape index (κ2) is 11.5. The number of H-pyrrole nitrogens is 1. The predicted molar refractivity (Wildman–Crippen MR) is 149 cm³/mol. The summed E-state index contributed by atoms with van der Waals surface area (Å²) in [6.45, 7) is 1.67. The van der Waals surface area contributed by atoms with Crippen molar-refractivity contribution in [3.8, 4) is 0 Å². The van der Waals surface area contributed by atoms with Gasteiger partial charge in [-0.25, -0.2) is 5.48 Å². The normalized spacial score (nSPS) is 14.8. The van der Waals surface area contributed by atoms with Crippen LogP contribution in [0.15, 0.2) is 79.0 Å². The van der Waals surface area contributed by atoms with Crippen LogP contribution in [-0.2, 0) is 24.2 Å². The van der Waals surface area contributed by atoms with E-state index in [2.05, 4.69) is 51.7 Å². The molecule has 7 heteroatoms. The van der Waals surface area contributed by atoms with Gasteiger partial charge in [0.25, 0.3) is 11.8 Å². The van der Waals surface area contributed by atoms with E-state index in [-0.39, 0.29) is 11.9 Å². The Bertz CT molecular complexity index is 1470. The molecular weight excluding hydrogens is 476 g/mol.